The van der Waals surface area contributed by atoms with Crippen LogP contribution in [0.5, 0.6) is 0 Å². The molecule has 0 radical (unpaired) electrons. The monoisotopic (exact) mass is 244 g/mol. The highest BCUT2D eigenvalue weighted by Gasteiger charge is 2.17. The average Bonchev–Trinajstić information content (AvgIpc) is 2.32. The lowest BCUT2D eigenvalue weighted by Gasteiger charge is -2.19. The van der Waals surface area contributed by atoms with Crippen molar-refractivity contribution in [3.8, 4) is 0 Å². The van der Waals surface area contributed by atoms with Crippen LogP contribution in [0.15, 0.2) is 22.4 Å². The van der Waals surface area contributed by atoms with Crippen molar-refractivity contribution in [2.75, 3.05) is 0 Å². The third-order valence-corrected chi connectivity index (χ3v) is 3.14. The molecule has 0 aliphatic heterocycles. The maximum atomic E-state index is 8.57. The van der Waals surface area contributed by atoms with E-state index in [0.717, 1.165) is 22.3 Å². The van der Waals surface area contributed by atoms with Crippen LogP contribution in [0.3, 0.4) is 0 Å². The van der Waals surface area contributed by atoms with Gasteiger partial charge < -0.3 is 0 Å². The molecule has 0 saturated heterocycles. The summed E-state index contributed by atoms with van der Waals surface area (Å²) in [4.78, 5) is 5.68. The first-order chi connectivity index (χ1) is 8.52. The van der Waals surface area contributed by atoms with Crippen LogP contribution in [0.1, 0.15) is 48.2 Å². The summed E-state index contributed by atoms with van der Waals surface area (Å²) in [7, 11) is 0. The maximum absolute atomic E-state index is 8.57. The van der Waals surface area contributed by atoms with Crippen molar-refractivity contribution in [2.24, 2.45) is 10.2 Å². The van der Waals surface area contributed by atoms with Crippen molar-refractivity contribution in [1.82, 2.24) is 0 Å². The van der Waals surface area contributed by atoms with Gasteiger partial charge in [0, 0.05) is 9.82 Å². The van der Waals surface area contributed by atoms with E-state index in [1.54, 1.807) is 0 Å². The molecule has 0 amide bonds. The van der Waals surface area contributed by atoms with E-state index in [1.807, 2.05) is 39.8 Å². The van der Waals surface area contributed by atoms with Crippen LogP contribution in [0, 0.1) is 13.8 Å². The molecule has 6 heteroatoms. The summed E-state index contributed by atoms with van der Waals surface area (Å²) in [5.74, 6) is 0. The molecule has 0 aliphatic carbocycles. The third-order valence-electron chi connectivity index (χ3n) is 3.14. The van der Waals surface area contributed by atoms with Gasteiger partial charge in [-0.3, -0.25) is 0 Å². The zero-order valence-electron chi connectivity index (χ0n) is 11.0. The molecule has 0 aromatic heterocycles. The molecular formula is C12H16N6. The van der Waals surface area contributed by atoms with Crippen LogP contribution in [0.4, 0.5) is 0 Å². The molecule has 2 atom stereocenters. The van der Waals surface area contributed by atoms with E-state index in [9.17, 15) is 0 Å². The van der Waals surface area contributed by atoms with E-state index in [1.165, 1.54) is 0 Å². The highest BCUT2D eigenvalue weighted by molar-refractivity contribution is 5.43. The summed E-state index contributed by atoms with van der Waals surface area (Å²) in [5, 5.41) is 7.46. The molecule has 0 bridgehead atoms. The second kappa shape index (κ2) is 5.96. The number of rotatable bonds is 4. The zero-order chi connectivity index (χ0) is 13.7. The van der Waals surface area contributed by atoms with E-state index in [-0.39, 0.29) is 12.1 Å². The van der Waals surface area contributed by atoms with Gasteiger partial charge in [-0.05, 0) is 47.2 Å². The molecule has 18 heavy (non-hydrogen) atoms. The van der Waals surface area contributed by atoms with Crippen LogP contribution in [0.2, 0.25) is 0 Å². The minimum Gasteiger partial charge on any atom is -0.0862 e. The molecule has 0 heterocycles. The van der Waals surface area contributed by atoms with Crippen molar-refractivity contribution in [3.05, 3.63) is 55.3 Å². The molecular weight excluding hydrogens is 228 g/mol. The fourth-order valence-corrected chi connectivity index (χ4v) is 2.05. The summed E-state index contributed by atoms with van der Waals surface area (Å²) >= 11 is 0. The quantitative estimate of drug-likeness (QED) is 0.402. The number of benzene rings is 1. The van der Waals surface area contributed by atoms with Gasteiger partial charge in [0.15, 0.2) is 0 Å². The van der Waals surface area contributed by atoms with Gasteiger partial charge in [0.2, 0.25) is 0 Å². The second-order valence-corrected chi connectivity index (χ2v) is 4.27. The largest absolute Gasteiger partial charge is 0.0862 e. The smallest absolute Gasteiger partial charge is 0.0602 e. The summed E-state index contributed by atoms with van der Waals surface area (Å²) in [6, 6.07) is 3.36. The molecule has 2 unspecified atom stereocenters. The van der Waals surface area contributed by atoms with E-state index in [4.69, 9.17) is 11.1 Å². The minimum atomic E-state index is -0.277. The summed E-state index contributed by atoms with van der Waals surface area (Å²) < 4.78 is 0. The Kier molecular flexibility index (Phi) is 4.60. The third kappa shape index (κ3) is 2.74. The van der Waals surface area contributed by atoms with Gasteiger partial charge in [-0.25, -0.2) is 0 Å². The first-order valence-corrected chi connectivity index (χ1v) is 5.71. The lowest BCUT2D eigenvalue weighted by Crippen LogP contribution is -2.04. The molecule has 0 aliphatic rings. The van der Waals surface area contributed by atoms with Crippen molar-refractivity contribution >= 4 is 0 Å². The maximum Gasteiger partial charge on any atom is 0.0602 e. The van der Waals surface area contributed by atoms with Crippen molar-refractivity contribution in [2.45, 2.75) is 39.8 Å². The Morgan fingerprint density at radius 3 is 2.11 bits per heavy atom. The second-order valence-electron chi connectivity index (χ2n) is 4.27. The summed E-state index contributed by atoms with van der Waals surface area (Å²) in [6.07, 6.45) is 0. The van der Waals surface area contributed by atoms with E-state index in [0.29, 0.717) is 0 Å². The molecule has 0 fully saturated rings. The van der Waals surface area contributed by atoms with Crippen LogP contribution in [-0.2, 0) is 0 Å². The number of nitrogens with zero attached hydrogens (tertiary/aromatic N) is 6. The predicted octanol–water partition coefficient (Wildman–Crippen LogP) is 5.05. The highest BCUT2D eigenvalue weighted by Crippen LogP contribution is 2.32. The first-order valence-electron chi connectivity index (χ1n) is 5.71. The van der Waals surface area contributed by atoms with E-state index < -0.39 is 0 Å². The fraction of sp³-hybridized carbons (Fsp3) is 0.500. The van der Waals surface area contributed by atoms with Crippen molar-refractivity contribution in [1.29, 1.82) is 0 Å². The molecule has 1 aromatic rings. The van der Waals surface area contributed by atoms with Gasteiger partial charge >= 0.3 is 0 Å². The van der Waals surface area contributed by atoms with Crippen LogP contribution in [0.25, 0.3) is 20.9 Å². The Morgan fingerprint density at radius 2 is 1.56 bits per heavy atom. The Balaban J connectivity index is 3.47. The number of aryl methyl sites for hydroxylation is 1. The zero-order valence-corrected chi connectivity index (χ0v) is 11.0. The van der Waals surface area contributed by atoms with Gasteiger partial charge in [0.05, 0.1) is 12.1 Å². The predicted molar refractivity (Wildman–Crippen MR) is 71.0 cm³/mol. The van der Waals surface area contributed by atoms with Crippen molar-refractivity contribution in [3.63, 3.8) is 0 Å². The number of hydrogen-bond donors (Lipinski definition) is 0. The Hall–Kier alpha value is -2.16. The summed E-state index contributed by atoms with van der Waals surface area (Å²) in [6.45, 7) is 7.66. The molecule has 0 saturated carbocycles. The Bertz CT molecular complexity index is 538. The topological polar surface area (TPSA) is 97.5 Å². The molecule has 6 nitrogen and oxygen atoms in total. The average molecular weight is 244 g/mol. The minimum absolute atomic E-state index is 0.277. The van der Waals surface area contributed by atoms with Crippen LogP contribution >= 0.6 is 0 Å². The molecule has 1 rings (SSSR count). The van der Waals surface area contributed by atoms with Crippen LogP contribution in [-0.4, -0.2) is 0 Å². The fourth-order valence-electron chi connectivity index (χ4n) is 2.05. The van der Waals surface area contributed by atoms with Gasteiger partial charge in [-0.1, -0.05) is 36.2 Å². The van der Waals surface area contributed by atoms with Gasteiger partial charge in [0.25, 0.3) is 0 Å². The van der Waals surface area contributed by atoms with Crippen LogP contribution < -0.4 is 0 Å². The standard InChI is InChI=1S/C12H16N6/c1-7-5-6-11(9(3)15-17-13)12(8(7)2)10(4)16-18-14/h5-6,9-10H,1-4H3. The van der Waals surface area contributed by atoms with E-state index in [2.05, 4.69) is 20.1 Å². The van der Waals surface area contributed by atoms with Crippen molar-refractivity contribution < 1.29 is 0 Å². The summed E-state index contributed by atoms with van der Waals surface area (Å²) in [5.41, 5.74) is 21.2. The first kappa shape index (κ1) is 13.9. The van der Waals surface area contributed by atoms with Gasteiger partial charge in [0.1, 0.15) is 0 Å². The molecule has 0 spiro atoms. The highest BCUT2D eigenvalue weighted by atomic mass is 15.2. The lowest BCUT2D eigenvalue weighted by atomic mass is 9.90. The SMILES string of the molecule is Cc1ccc(C(C)N=[N+]=[N-])c(C(C)N=[N+]=[N-])c1C. The lowest BCUT2D eigenvalue weighted by molar-refractivity contribution is 0.732. The number of hydrogen-bond acceptors (Lipinski definition) is 2. The molecule has 1 aromatic carbocycles. The van der Waals surface area contributed by atoms with E-state index >= 15 is 0 Å². The number of azide groups is 2. The Morgan fingerprint density at radius 1 is 1.00 bits per heavy atom. The Labute approximate surface area is 106 Å². The van der Waals surface area contributed by atoms with Gasteiger partial charge in [-0.15, -0.1) is 0 Å². The normalized spacial score (nSPS) is 13.1. The molecule has 0 N–H and O–H groups in total. The molecule has 94 valence electrons. The van der Waals surface area contributed by atoms with Gasteiger partial charge in [-0.2, -0.15) is 0 Å².